The third-order valence-electron chi connectivity index (χ3n) is 2.67. The minimum Gasteiger partial charge on any atom is -0.399 e. The molecule has 1 amide bonds. The summed E-state index contributed by atoms with van der Waals surface area (Å²) in [6, 6.07) is 11.5. The molecule has 0 saturated heterocycles. The van der Waals surface area contributed by atoms with E-state index in [0.29, 0.717) is 22.2 Å². The number of rotatable bonds is 5. The van der Waals surface area contributed by atoms with Gasteiger partial charge in [0.1, 0.15) is 5.82 Å². The first kappa shape index (κ1) is 15.7. The number of carbonyl (C=O) groups excluding carboxylic acids is 1. The van der Waals surface area contributed by atoms with Crippen molar-refractivity contribution in [2.75, 3.05) is 11.5 Å². The van der Waals surface area contributed by atoms with E-state index in [-0.39, 0.29) is 11.7 Å². The fourth-order valence-electron chi connectivity index (χ4n) is 1.67. The Morgan fingerprint density at radius 1 is 1.24 bits per heavy atom. The van der Waals surface area contributed by atoms with Crippen molar-refractivity contribution in [3.8, 4) is 0 Å². The van der Waals surface area contributed by atoms with E-state index < -0.39 is 5.82 Å². The zero-order valence-corrected chi connectivity index (χ0v) is 12.7. The van der Waals surface area contributed by atoms with Gasteiger partial charge in [-0.25, -0.2) is 4.39 Å². The molecule has 110 valence electrons. The molecule has 2 rings (SSSR count). The number of halogens is 2. The Morgan fingerprint density at radius 3 is 2.62 bits per heavy atom. The van der Waals surface area contributed by atoms with Crippen molar-refractivity contribution in [1.82, 2.24) is 5.32 Å². The van der Waals surface area contributed by atoms with Crippen LogP contribution in [0.2, 0.25) is 5.02 Å². The van der Waals surface area contributed by atoms with E-state index in [0.717, 1.165) is 5.56 Å². The molecule has 21 heavy (non-hydrogen) atoms. The molecular weight excluding hydrogens is 311 g/mol. The van der Waals surface area contributed by atoms with Crippen LogP contribution in [0.5, 0.6) is 0 Å². The quantitative estimate of drug-likeness (QED) is 0.654. The third-order valence-corrected chi connectivity index (χ3v) is 3.89. The molecule has 3 N–H and O–H groups in total. The topological polar surface area (TPSA) is 55.1 Å². The maximum Gasteiger partial charge on any atom is 0.230 e. The molecule has 0 unspecified atom stereocenters. The first-order valence-corrected chi connectivity index (χ1v) is 7.59. The van der Waals surface area contributed by atoms with E-state index in [1.54, 1.807) is 18.2 Å². The first-order chi connectivity index (χ1) is 10.0. The molecule has 0 atom stereocenters. The number of carbonyl (C=O) groups is 1. The SMILES string of the molecule is Nc1cc(F)cc(SCC(=O)NCc2ccc(Cl)cc2)c1. The molecule has 6 heteroatoms. The molecule has 0 spiro atoms. The summed E-state index contributed by atoms with van der Waals surface area (Å²) in [5.74, 6) is -0.326. The van der Waals surface area contributed by atoms with Crippen LogP contribution in [-0.4, -0.2) is 11.7 Å². The number of nitrogens with one attached hydrogen (secondary N) is 1. The van der Waals surface area contributed by atoms with E-state index >= 15 is 0 Å². The summed E-state index contributed by atoms with van der Waals surface area (Å²) < 4.78 is 13.1. The fraction of sp³-hybridized carbons (Fsp3) is 0.133. The van der Waals surface area contributed by atoms with Crippen molar-refractivity contribution in [2.24, 2.45) is 0 Å². The Morgan fingerprint density at radius 2 is 1.95 bits per heavy atom. The molecule has 0 heterocycles. The molecule has 0 radical (unpaired) electrons. The highest BCUT2D eigenvalue weighted by atomic mass is 35.5. The van der Waals surface area contributed by atoms with Crippen LogP contribution < -0.4 is 11.1 Å². The molecular formula is C15H14ClFN2OS. The van der Waals surface area contributed by atoms with Crippen molar-refractivity contribution >= 4 is 35.0 Å². The van der Waals surface area contributed by atoms with Gasteiger partial charge in [-0.1, -0.05) is 23.7 Å². The molecule has 0 fully saturated rings. The summed E-state index contributed by atoms with van der Waals surface area (Å²) in [6.45, 7) is 0.432. The summed E-state index contributed by atoms with van der Waals surface area (Å²) >= 11 is 7.03. The van der Waals surface area contributed by atoms with Crippen LogP contribution in [0.1, 0.15) is 5.56 Å². The van der Waals surface area contributed by atoms with Crippen molar-refractivity contribution < 1.29 is 9.18 Å². The summed E-state index contributed by atoms with van der Waals surface area (Å²) in [4.78, 5) is 12.4. The summed E-state index contributed by atoms with van der Waals surface area (Å²) in [5, 5.41) is 3.45. The molecule has 2 aromatic rings. The van der Waals surface area contributed by atoms with Gasteiger partial charge in [-0.05, 0) is 35.9 Å². The average molecular weight is 325 g/mol. The third kappa shape index (κ3) is 5.28. The minimum absolute atomic E-state index is 0.127. The number of amides is 1. The van der Waals surface area contributed by atoms with Gasteiger partial charge >= 0.3 is 0 Å². The van der Waals surface area contributed by atoms with Crippen molar-refractivity contribution in [3.05, 3.63) is 58.9 Å². The van der Waals surface area contributed by atoms with E-state index in [1.807, 2.05) is 12.1 Å². The van der Waals surface area contributed by atoms with Crippen molar-refractivity contribution in [2.45, 2.75) is 11.4 Å². The lowest BCUT2D eigenvalue weighted by atomic mass is 10.2. The van der Waals surface area contributed by atoms with E-state index in [2.05, 4.69) is 5.32 Å². The van der Waals surface area contributed by atoms with Gasteiger partial charge in [-0.15, -0.1) is 11.8 Å². The molecule has 0 aromatic heterocycles. The van der Waals surface area contributed by atoms with Crippen LogP contribution in [0, 0.1) is 5.82 Å². The van der Waals surface area contributed by atoms with E-state index in [9.17, 15) is 9.18 Å². The van der Waals surface area contributed by atoms with Gasteiger partial charge in [0.15, 0.2) is 0 Å². The van der Waals surface area contributed by atoms with Crippen LogP contribution in [0.25, 0.3) is 0 Å². The Balaban J connectivity index is 1.80. The lowest BCUT2D eigenvalue weighted by molar-refractivity contribution is -0.118. The molecule has 0 bridgehead atoms. The lowest BCUT2D eigenvalue weighted by Crippen LogP contribution is -2.24. The number of thioether (sulfide) groups is 1. The smallest absolute Gasteiger partial charge is 0.230 e. The van der Waals surface area contributed by atoms with Crippen molar-refractivity contribution in [3.63, 3.8) is 0 Å². The Hall–Kier alpha value is -1.72. The van der Waals surface area contributed by atoms with Crippen LogP contribution in [0.3, 0.4) is 0 Å². The molecule has 0 aliphatic rings. The summed E-state index contributed by atoms with van der Waals surface area (Å²) in [5.41, 5.74) is 6.86. The lowest BCUT2D eigenvalue weighted by Gasteiger charge is -2.06. The van der Waals surface area contributed by atoms with Gasteiger partial charge in [-0.2, -0.15) is 0 Å². The minimum atomic E-state index is -0.404. The van der Waals surface area contributed by atoms with Gasteiger partial charge in [-0.3, -0.25) is 4.79 Å². The second kappa shape index (κ2) is 7.33. The highest BCUT2D eigenvalue weighted by Crippen LogP contribution is 2.21. The molecule has 0 aliphatic carbocycles. The van der Waals surface area contributed by atoms with Gasteiger partial charge in [0, 0.05) is 22.2 Å². The average Bonchev–Trinajstić information content (AvgIpc) is 2.43. The monoisotopic (exact) mass is 324 g/mol. The number of nitrogens with two attached hydrogens (primary N) is 1. The van der Waals surface area contributed by atoms with Gasteiger partial charge in [0.25, 0.3) is 0 Å². The van der Waals surface area contributed by atoms with Crippen molar-refractivity contribution in [1.29, 1.82) is 0 Å². The standard InChI is InChI=1S/C15H14ClFN2OS/c16-11-3-1-10(2-4-11)8-19-15(20)9-21-14-6-12(17)5-13(18)7-14/h1-7H,8-9,18H2,(H,19,20). The Kier molecular flexibility index (Phi) is 5.47. The Bertz CT molecular complexity index is 614. The highest BCUT2D eigenvalue weighted by molar-refractivity contribution is 8.00. The van der Waals surface area contributed by atoms with Crippen LogP contribution in [0.15, 0.2) is 47.4 Å². The maximum absolute atomic E-state index is 13.1. The summed E-state index contributed by atoms with van der Waals surface area (Å²) in [6.07, 6.45) is 0. The van der Waals surface area contributed by atoms with E-state index in [4.69, 9.17) is 17.3 Å². The largest absolute Gasteiger partial charge is 0.399 e. The van der Waals surface area contributed by atoms with Crippen LogP contribution in [0.4, 0.5) is 10.1 Å². The zero-order valence-electron chi connectivity index (χ0n) is 11.1. The fourth-order valence-corrected chi connectivity index (χ4v) is 2.61. The second-order valence-corrected chi connectivity index (χ2v) is 5.90. The second-order valence-electron chi connectivity index (χ2n) is 4.41. The highest BCUT2D eigenvalue weighted by Gasteiger charge is 2.05. The molecule has 0 aliphatic heterocycles. The summed E-state index contributed by atoms with van der Waals surface area (Å²) in [7, 11) is 0. The van der Waals surface area contributed by atoms with Gasteiger partial charge in [0.2, 0.25) is 5.91 Å². The molecule has 0 saturated carbocycles. The number of benzene rings is 2. The first-order valence-electron chi connectivity index (χ1n) is 6.23. The predicted molar refractivity (Wildman–Crippen MR) is 84.8 cm³/mol. The predicted octanol–water partition coefficient (Wildman–Crippen LogP) is 3.47. The van der Waals surface area contributed by atoms with E-state index in [1.165, 1.54) is 23.9 Å². The van der Waals surface area contributed by atoms with Crippen LogP contribution in [-0.2, 0) is 11.3 Å². The molecule has 3 nitrogen and oxygen atoms in total. The normalized spacial score (nSPS) is 10.4. The van der Waals surface area contributed by atoms with Gasteiger partial charge in [0.05, 0.1) is 5.75 Å². The number of hydrogen-bond acceptors (Lipinski definition) is 3. The number of hydrogen-bond donors (Lipinski definition) is 2. The maximum atomic E-state index is 13.1. The van der Waals surface area contributed by atoms with Crippen LogP contribution >= 0.6 is 23.4 Å². The Labute approximate surface area is 131 Å². The zero-order chi connectivity index (χ0) is 15.2. The van der Waals surface area contributed by atoms with Gasteiger partial charge < -0.3 is 11.1 Å². The number of anilines is 1. The number of nitrogen functional groups attached to an aromatic ring is 1. The molecule has 2 aromatic carbocycles.